The van der Waals surface area contributed by atoms with Crippen LogP contribution in [0.4, 0.5) is 0 Å². The van der Waals surface area contributed by atoms with Crippen LogP contribution in [0.25, 0.3) is 0 Å². The molecule has 1 saturated carbocycles. The summed E-state index contributed by atoms with van der Waals surface area (Å²) in [4.78, 5) is 0. The summed E-state index contributed by atoms with van der Waals surface area (Å²) in [6.07, 6.45) is 6.41. The Balaban J connectivity index is 2.27. The second-order valence-electron chi connectivity index (χ2n) is 4.86. The molecule has 2 rings (SSSR count). The van der Waals surface area contributed by atoms with Crippen molar-refractivity contribution in [1.29, 1.82) is 0 Å². The molecular weight excluding hydrogens is 184 g/mol. The van der Waals surface area contributed by atoms with Crippen LogP contribution in [0.2, 0.25) is 0 Å². The largest absolute Gasteiger partial charge is 0.345 e. The molecule has 0 bridgehead atoms. The first-order valence-electron chi connectivity index (χ1n) is 6.10. The second kappa shape index (κ2) is 4.40. The van der Waals surface area contributed by atoms with Crippen LogP contribution in [-0.4, -0.2) is 10.6 Å². The maximum Gasteiger partial charge on any atom is 0.0486 e. The minimum Gasteiger partial charge on any atom is -0.345 e. The van der Waals surface area contributed by atoms with E-state index >= 15 is 0 Å². The zero-order valence-corrected chi connectivity index (χ0v) is 9.87. The van der Waals surface area contributed by atoms with Gasteiger partial charge in [0.15, 0.2) is 0 Å². The van der Waals surface area contributed by atoms with Crippen LogP contribution in [0.5, 0.6) is 0 Å². The summed E-state index contributed by atoms with van der Waals surface area (Å²) in [7, 11) is 0. The Hall–Kier alpha value is -0.760. The molecule has 1 heterocycles. The summed E-state index contributed by atoms with van der Waals surface area (Å²) in [5.41, 5.74) is 9.00. The minimum absolute atomic E-state index is 0.345. The van der Waals surface area contributed by atoms with Crippen molar-refractivity contribution >= 4 is 0 Å². The Bertz CT molecular complexity index is 308. The number of nitrogens with zero attached hydrogens (tertiary/aromatic N) is 1. The third kappa shape index (κ3) is 2.10. The van der Waals surface area contributed by atoms with Crippen molar-refractivity contribution in [1.82, 2.24) is 4.57 Å². The van der Waals surface area contributed by atoms with Gasteiger partial charge in [-0.3, -0.25) is 0 Å². The highest BCUT2D eigenvalue weighted by Crippen LogP contribution is 2.29. The number of hydrogen-bond donors (Lipinski definition) is 1. The van der Waals surface area contributed by atoms with Crippen LogP contribution in [0.15, 0.2) is 12.1 Å². The number of aryl methyl sites for hydroxylation is 2. The van der Waals surface area contributed by atoms with Crippen LogP contribution in [0.3, 0.4) is 0 Å². The van der Waals surface area contributed by atoms with Gasteiger partial charge in [-0.1, -0.05) is 19.3 Å². The van der Waals surface area contributed by atoms with E-state index in [0.29, 0.717) is 12.1 Å². The Morgan fingerprint density at radius 1 is 1.07 bits per heavy atom. The van der Waals surface area contributed by atoms with Gasteiger partial charge in [-0.15, -0.1) is 0 Å². The van der Waals surface area contributed by atoms with Crippen molar-refractivity contribution in [2.75, 3.05) is 0 Å². The molecule has 0 aliphatic heterocycles. The SMILES string of the molecule is Cc1ccc(C)n1C1CCCCCC1N. The van der Waals surface area contributed by atoms with E-state index in [-0.39, 0.29) is 0 Å². The Morgan fingerprint density at radius 2 is 1.67 bits per heavy atom. The number of hydrogen-bond acceptors (Lipinski definition) is 1. The summed E-state index contributed by atoms with van der Waals surface area (Å²) in [6.45, 7) is 4.37. The van der Waals surface area contributed by atoms with Gasteiger partial charge in [-0.2, -0.15) is 0 Å². The van der Waals surface area contributed by atoms with E-state index in [2.05, 4.69) is 30.5 Å². The molecule has 2 unspecified atom stereocenters. The Morgan fingerprint density at radius 3 is 2.33 bits per heavy atom. The molecule has 15 heavy (non-hydrogen) atoms. The first-order chi connectivity index (χ1) is 7.20. The van der Waals surface area contributed by atoms with Gasteiger partial charge in [0.25, 0.3) is 0 Å². The molecule has 0 spiro atoms. The lowest BCUT2D eigenvalue weighted by Gasteiger charge is -2.26. The third-order valence-electron chi connectivity index (χ3n) is 3.69. The number of rotatable bonds is 1. The van der Waals surface area contributed by atoms with Gasteiger partial charge >= 0.3 is 0 Å². The topological polar surface area (TPSA) is 30.9 Å². The molecule has 2 heteroatoms. The fourth-order valence-corrected chi connectivity index (χ4v) is 2.84. The molecule has 2 atom stereocenters. The van der Waals surface area contributed by atoms with Crippen LogP contribution in [0.1, 0.15) is 49.5 Å². The maximum absolute atomic E-state index is 6.29. The van der Waals surface area contributed by atoms with Gasteiger partial charge in [-0.25, -0.2) is 0 Å². The van der Waals surface area contributed by atoms with E-state index in [4.69, 9.17) is 5.73 Å². The molecule has 2 nitrogen and oxygen atoms in total. The first-order valence-corrected chi connectivity index (χ1v) is 6.10. The molecular formula is C13H22N2. The molecule has 0 radical (unpaired) electrons. The molecule has 1 aromatic heterocycles. The zero-order chi connectivity index (χ0) is 10.8. The van der Waals surface area contributed by atoms with Crippen molar-refractivity contribution in [3.8, 4) is 0 Å². The molecule has 0 amide bonds. The van der Waals surface area contributed by atoms with Gasteiger partial charge < -0.3 is 10.3 Å². The molecule has 0 aromatic carbocycles. The lowest BCUT2D eigenvalue weighted by molar-refractivity contribution is 0.378. The fourth-order valence-electron chi connectivity index (χ4n) is 2.84. The van der Waals surface area contributed by atoms with E-state index < -0.39 is 0 Å². The summed E-state index contributed by atoms with van der Waals surface area (Å²) < 4.78 is 2.44. The predicted molar refractivity (Wildman–Crippen MR) is 64.0 cm³/mol. The summed E-state index contributed by atoms with van der Waals surface area (Å²) in [6, 6.07) is 5.28. The summed E-state index contributed by atoms with van der Waals surface area (Å²) >= 11 is 0. The van der Waals surface area contributed by atoms with Crippen LogP contribution in [-0.2, 0) is 0 Å². The highest BCUT2D eigenvalue weighted by atomic mass is 15.1. The average molecular weight is 206 g/mol. The highest BCUT2D eigenvalue weighted by Gasteiger charge is 2.23. The molecule has 1 aliphatic rings. The van der Waals surface area contributed by atoms with Crippen molar-refractivity contribution in [3.63, 3.8) is 0 Å². The first kappa shape index (κ1) is 10.7. The second-order valence-corrected chi connectivity index (χ2v) is 4.86. The van der Waals surface area contributed by atoms with E-state index in [1.165, 1.54) is 43.5 Å². The van der Waals surface area contributed by atoms with Crippen molar-refractivity contribution in [2.45, 2.75) is 58.0 Å². The lowest BCUT2D eigenvalue weighted by atomic mass is 10.0. The standard InChI is InChI=1S/C13H22N2/c1-10-8-9-11(2)15(10)13-7-5-3-4-6-12(13)14/h8-9,12-13H,3-7,14H2,1-2H3. The van der Waals surface area contributed by atoms with Gasteiger partial charge in [0, 0.05) is 23.5 Å². The highest BCUT2D eigenvalue weighted by molar-refractivity contribution is 5.16. The van der Waals surface area contributed by atoms with Crippen molar-refractivity contribution in [3.05, 3.63) is 23.5 Å². The number of aromatic nitrogens is 1. The summed E-state index contributed by atoms with van der Waals surface area (Å²) in [5, 5.41) is 0. The van der Waals surface area contributed by atoms with E-state index in [1.54, 1.807) is 0 Å². The van der Waals surface area contributed by atoms with E-state index in [0.717, 1.165) is 0 Å². The van der Waals surface area contributed by atoms with Crippen LogP contribution in [0, 0.1) is 13.8 Å². The average Bonchev–Trinajstić information content (AvgIpc) is 2.42. The number of nitrogens with two attached hydrogens (primary N) is 1. The molecule has 1 fully saturated rings. The minimum atomic E-state index is 0.345. The quantitative estimate of drug-likeness (QED) is 0.704. The van der Waals surface area contributed by atoms with Gasteiger partial charge in [0.05, 0.1) is 0 Å². The van der Waals surface area contributed by atoms with Gasteiger partial charge in [-0.05, 0) is 38.8 Å². The smallest absolute Gasteiger partial charge is 0.0486 e. The molecule has 0 saturated heterocycles. The molecule has 2 N–H and O–H groups in total. The Kier molecular flexibility index (Phi) is 3.15. The van der Waals surface area contributed by atoms with E-state index in [9.17, 15) is 0 Å². The third-order valence-corrected chi connectivity index (χ3v) is 3.69. The molecule has 84 valence electrons. The fraction of sp³-hybridized carbons (Fsp3) is 0.692. The van der Waals surface area contributed by atoms with Gasteiger partial charge in [0.2, 0.25) is 0 Å². The Labute approximate surface area is 92.5 Å². The zero-order valence-electron chi connectivity index (χ0n) is 9.87. The molecule has 1 aliphatic carbocycles. The van der Waals surface area contributed by atoms with E-state index in [1.807, 2.05) is 0 Å². The molecule has 1 aromatic rings. The normalized spacial score (nSPS) is 27.7. The van der Waals surface area contributed by atoms with Crippen LogP contribution < -0.4 is 5.73 Å². The summed E-state index contributed by atoms with van der Waals surface area (Å²) in [5.74, 6) is 0. The monoisotopic (exact) mass is 206 g/mol. The van der Waals surface area contributed by atoms with Crippen molar-refractivity contribution in [2.24, 2.45) is 5.73 Å². The predicted octanol–water partition coefficient (Wildman–Crippen LogP) is 2.94. The van der Waals surface area contributed by atoms with Gasteiger partial charge in [0.1, 0.15) is 0 Å². The van der Waals surface area contributed by atoms with Crippen LogP contribution >= 0.6 is 0 Å². The lowest BCUT2D eigenvalue weighted by Crippen LogP contribution is -2.32. The maximum atomic E-state index is 6.29. The van der Waals surface area contributed by atoms with Crippen molar-refractivity contribution < 1.29 is 0 Å².